The van der Waals surface area contributed by atoms with E-state index in [0.29, 0.717) is 22.8 Å². The van der Waals surface area contributed by atoms with Crippen molar-refractivity contribution in [3.63, 3.8) is 0 Å². The Hall–Kier alpha value is -0.920. The number of nitrogens with one attached hydrogen (secondary N) is 2. The molecule has 0 unspecified atom stereocenters. The van der Waals surface area contributed by atoms with E-state index in [-0.39, 0.29) is 6.04 Å². The molecular weight excluding hydrogens is 276 g/mol. The third-order valence-electron chi connectivity index (χ3n) is 3.76. The minimum Gasteiger partial charge on any atom is -0.315 e. The molecule has 0 atom stereocenters. The first-order chi connectivity index (χ1) is 9.45. The summed E-state index contributed by atoms with van der Waals surface area (Å²) in [5.74, 6) is 0. The van der Waals surface area contributed by atoms with Crippen molar-refractivity contribution in [3.8, 4) is 0 Å². The van der Waals surface area contributed by atoms with Crippen LogP contribution >= 0.6 is 0 Å². The van der Waals surface area contributed by atoms with Crippen molar-refractivity contribution in [2.45, 2.75) is 57.5 Å². The number of rotatable bonds is 7. The molecule has 6 nitrogen and oxygen atoms in total. The first kappa shape index (κ1) is 15.5. The lowest BCUT2D eigenvalue weighted by atomic mass is 9.94. The molecule has 0 amide bonds. The average molecular weight is 300 g/mol. The van der Waals surface area contributed by atoms with Crippen molar-refractivity contribution < 1.29 is 8.42 Å². The van der Waals surface area contributed by atoms with Crippen molar-refractivity contribution in [2.24, 2.45) is 0 Å². The highest BCUT2D eigenvalue weighted by atomic mass is 32.2. The van der Waals surface area contributed by atoms with E-state index < -0.39 is 10.0 Å². The van der Waals surface area contributed by atoms with Gasteiger partial charge in [0.15, 0.2) is 0 Å². The SMILES string of the molecule is CCNCCn1nc(C)c(S(=O)(=O)NC2CCC2)c1C. The Morgan fingerprint density at radius 3 is 2.60 bits per heavy atom. The Morgan fingerprint density at radius 2 is 2.05 bits per heavy atom. The average Bonchev–Trinajstić information content (AvgIpc) is 2.60. The third-order valence-corrected chi connectivity index (χ3v) is 5.53. The van der Waals surface area contributed by atoms with Crippen LogP contribution in [0.5, 0.6) is 0 Å². The van der Waals surface area contributed by atoms with Gasteiger partial charge in [0.05, 0.1) is 17.9 Å². The summed E-state index contributed by atoms with van der Waals surface area (Å²) in [6.45, 7) is 7.98. The van der Waals surface area contributed by atoms with E-state index in [1.54, 1.807) is 11.6 Å². The zero-order valence-electron chi connectivity index (χ0n) is 12.4. The molecule has 1 fully saturated rings. The van der Waals surface area contributed by atoms with Crippen molar-refractivity contribution >= 4 is 10.0 Å². The Morgan fingerprint density at radius 1 is 1.35 bits per heavy atom. The van der Waals surface area contributed by atoms with E-state index in [1.807, 2.05) is 13.8 Å². The van der Waals surface area contributed by atoms with Crippen LogP contribution in [0.25, 0.3) is 0 Å². The highest BCUT2D eigenvalue weighted by Gasteiger charge is 2.29. The van der Waals surface area contributed by atoms with E-state index in [1.165, 1.54) is 0 Å². The molecule has 1 aliphatic rings. The van der Waals surface area contributed by atoms with Gasteiger partial charge in [0.1, 0.15) is 4.90 Å². The molecule has 0 saturated heterocycles. The fraction of sp³-hybridized carbons (Fsp3) is 0.769. The van der Waals surface area contributed by atoms with Gasteiger partial charge in [-0.15, -0.1) is 0 Å². The van der Waals surface area contributed by atoms with Crippen LogP contribution in [-0.4, -0.2) is 37.3 Å². The van der Waals surface area contributed by atoms with Crippen molar-refractivity contribution in [2.75, 3.05) is 13.1 Å². The van der Waals surface area contributed by atoms with Gasteiger partial charge in [-0.25, -0.2) is 13.1 Å². The molecule has 1 aromatic rings. The molecule has 1 aromatic heterocycles. The van der Waals surface area contributed by atoms with Crippen LogP contribution < -0.4 is 10.0 Å². The summed E-state index contributed by atoms with van der Waals surface area (Å²) < 4.78 is 29.4. The molecule has 7 heteroatoms. The first-order valence-corrected chi connectivity index (χ1v) is 8.71. The Labute approximate surface area is 121 Å². The highest BCUT2D eigenvalue weighted by Crippen LogP contribution is 2.24. The zero-order valence-corrected chi connectivity index (χ0v) is 13.3. The van der Waals surface area contributed by atoms with E-state index in [0.717, 1.165) is 32.4 Å². The van der Waals surface area contributed by atoms with Gasteiger partial charge in [-0.2, -0.15) is 5.10 Å². The highest BCUT2D eigenvalue weighted by molar-refractivity contribution is 7.89. The number of hydrogen-bond acceptors (Lipinski definition) is 4. The van der Waals surface area contributed by atoms with Gasteiger partial charge < -0.3 is 5.32 Å². The van der Waals surface area contributed by atoms with Crippen LogP contribution in [0.1, 0.15) is 37.6 Å². The standard InChI is InChI=1S/C13H24N4O2S/c1-4-14-8-9-17-11(3)13(10(2)15-17)20(18,19)16-12-6-5-7-12/h12,14,16H,4-9H2,1-3H3. The number of likely N-dealkylation sites (N-methyl/N-ethyl adjacent to an activating group) is 1. The fourth-order valence-electron chi connectivity index (χ4n) is 2.45. The summed E-state index contributed by atoms with van der Waals surface area (Å²) in [6.07, 6.45) is 2.98. The Bertz CT molecular complexity index is 561. The summed E-state index contributed by atoms with van der Waals surface area (Å²) >= 11 is 0. The first-order valence-electron chi connectivity index (χ1n) is 7.22. The van der Waals surface area contributed by atoms with Crippen LogP contribution in [0.4, 0.5) is 0 Å². The molecule has 0 radical (unpaired) electrons. The second-order valence-corrected chi connectivity index (χ2v) is 6.98. The molecule has 0 aliphatic heterocycles. The molecule has 1 aliphatic carbocycles. The van der Waals surface area contributed by atoms with Crippen LogP contribution in [0, 0.1) is 13.8 Å². The molecular formula is C13H24N4O2S. The monoisotopic (exact) mass is 300 g/mol. The van der Waals surface area contributed by atoms with Gasteiger partial charge in [0.25, 0.3) is 0 Å². The summed E-state index contributed by atoms with van der Waals surface area (Å²) in [5.41, 5.74) is 1.29. The quantitative estimate of drug-likeness (QED) is 0.735. The van der Waals surface area contributed by atoms with Gasteiger partial charge in [-0.05, 0) is 33.2 Å². The molecule has 2 N–H and O–H groups in total. The number of hydrogen-bond donors (Lipinski definition) is 2. The second-order valence-electron chi connectivity index (χ2n) is 5.33. The predicted octanol–water partition coefficient (Wildman–Crippen LogP) is 0.940. The minimum absolute atomic E-state index is 0.101. The van der Waals surface area contributed by atoms with Crippen LogP contribution in [-0.2, 0) is 16.6 Å². The van der Waals surface area contributed by atoms with Crippen molar-refractivity contribution in [1.29, 1.82) is 0 Å². The lowest BCUT2D eigenvalue weighted by Gasteiger charge is -2.26. The Balaban J connectivity index is 2.18. The van der Waals surface area contributed by atoms with Gasteiger partial charge in [-0.3, -0.25) is 4.68 Å². The van der Waals surface area contributed by atoms with Gasteiger partial charge >= 0.3 is 0 Å². The van der Waals surface area contributed by atoms with E-state index in [2.05, 4.69) is 15.1 Å². The van der Waals surface area contributed by atoms with E-state index >= 15 is 0 Å². The number of aryl methyl sites for hydroxylation is 1. The van der Waals surface area contributed by atoms with Crippen LogP contribution in [0.3, 0.4) is 0 Å². The number of aromatic nitrogens is 2. The number of sulfonamides is 1. The zero-order chi connectivity index (χ0) is 14.8. The normalized spacial score (nSPS) is 16.4. The number of nitrogens with zero attached hydrogens (tertiary/aromatic N) is 2. The van der Waals surface area contributed by atoms with Gasteiger partial charge in [0.2, 0.25) is 10.0 Å². The smallest absolute Gasteiger partial charge is 0.244 e. The molecule has 0 aromatic carbocycles. The predicted molar refractivity (Wildman–Crippen MR) is 78.2 cm³/mol. The third kappa shape index (κ3) is 3.21. The Kier molecular flexibility index (Phi) is 4.82. The molecule has 2 rings (SSSR count). The molecule has 0 spiro atoms. The minimum atomic E-state index is -3.45. The van der Waals surface area contributed by atoms with Crippen LogP contribution in [0.15, 0.2) is 4.90 Å². The van der Waals surface area contributed by atoms with Crippen molar-refractivity contribution in [3.05, 3.63) is 11.4 Å². The molecule has 1 heterocycles. The molecule has 1 saturated carbocycles. The van der Waals surface area contributed by atoms with Gasteiger partial charge in [-0.1, -0.05) is 13.3 Å². The second kappa shape index (κ2) is 6.24. The van der Waals surface area contributed by atoms with Crippen molar-refractivity contribution in [1.82, 2.24) is 19.8 Å². The summed E-state index contributed by atoms with van der Waals surface area (Å²) in [6, 6.07) is 0.101. The molecule has 114 valence electrons. The fourth-order valence-corrected chi connectivity index (χ4v) is 4.17. The molecule has 0 bridgehead atoms. The lowest BCUT2D eigenvalue weighted by molar-refractivity contribution is 0.383. The lowest BCUT2D eigenvalue weighted by Crippen LogP contribution is -2.39. The van der Waals surface area contributed by atoms with E-state index in [9.17, 15) is 8.42 Å². The maximum Gasteiger partial charge on any atom is 0.244 e. The largest absolute Gasteiger partial charge is 0.315 e. The summed E-state index contributed by atoms with van der Waals surface area (Å²) in [5, 5.41) is 7.57. The summed E-state index contributed by atoms with van der Waals surface area (Å²) in [4.78, 5) is 0.348. The summed E-state index contributed by atoms with van der Waals surface area (Å²) in [7, 11) is -3.45. The van der Waals surface area contributed by atoms with E-state index in [4.69, 9.17) is 0 Å². The topological polar surface area (TPSA) is 76.0 Å². The van der Waals surface area contributed by atoms with Crippen LogP contribution in [0.2, 0.25) is 0 Å². The van der Waals surface area contributed by atoms with Gasteiger partial charge in [0, 0.05) is 12.6 Å². The molecule has 20 heavy (non-hydrogen) atoms. The maximum absolute atomic E-state index is 12.4. The maximum atomic E-state index is 12.4.